The van der Waals surface area contributed by atoms with Crippen LogP contribution in [-0.4, -0.2) is 54.2 Å². The molecule has 3 heterocycles. The summed E-state index contributed by atoms with van der Waals surface area (Å²) in [4.78, 5) is 19.1. The summed E-state index contributed by atoms with van der Waals surface area (Å²) >= 11 is 1.61. The zero-order chi connectivity index (χ0) is 18.5. The minimum atomic E-state index is -0.0989. The Hall–Kier alpha value is -1.96. The van der Waals surface area contributed by atoms with Gasteiger partial charge in [-0.3, -0.25) is 9.69 Å². The Morgan fingerprint density at radius 3 is 3.07 bits per heavy atom. The van der Waals surface area contributed by atoms with E-state index in [2.05, 4.69) is 26.6 Å². The van der Waals surface area contributed by atoms with Gasteiger partial charge in [0.25, 0.3) is 5.91 Å². The van der Waals surface area contributed by atoms with E-state index in [1.807, 2.05) is 23.7 Å². The molecule has 1 amide bonds. The number of hydrogen-bond donors (Lipinski definition) is 1. The molecular formula is C20H25N3O3S. The fourth-order valence-electron chi connectivity index (χ4n) is 3.73. The predicted octanol–water partition coefficient (Wildman–Crippen LogP) is 2.24. The van der Waals surface area contributed by atoms with Crippen molar-refractivity contribution in [3.8, 4) is 5.75 Å². The van der Waals surface area contributed by atoms with Crippen LogP contribution in [0.1, 0.15) is 24.1 Å². The molecule has 7 heteroatoms. The van der Waals surface area contributed by atoms with Gasteiger partial charge in [0, 0.05) is 31.6 Å². The van der Waals surface area contributed by atoms with E-state index in [1.54, 1.807) is 11.3 Å². The number of likely N-dealkylation sites (tertiary alicyclic amines) is 1. The summed E-state index contributed by atoms with van der Waals surface area (Å²) in [5, 5.41) is 5.18. The first-order valence-electron chi connectivity index (χ1n) is 9.49. The summed E-state index contributed by atoms with van der Waals surface area (Å²) in [5.41, 5.74) is 4.08. The van der Waals surface area contributed by atoms with Gasteiger partial charge in [-0.15, -0.1) is 11.3 Å². The van der Waals surface area contributed by atoms with Crippen LogP contribution in [0.3, 0.4) is 0 Å². The van der Waals surface area contributed by atoms with Crippen LogP contribution in [0.5, 0.6) is 5.75 Å². The molecule has 2 aliphatic heterocycles. The molecule has 1 aromatic heterocycles. The molecule has 1 N–H and O–H groups in total. The van der Waals surface area contributed by atoms with Gasteiger partial charge in [0.1, 0.15) is 5.75 Å². The SMILES string of the molecule is O=C1COc2ccccc2CCCCO[C@H]2CN(Cc3cscn3)C[C@@H]2N1. The highest BCUT2D eigenvalue weighted by atomic mass is 32.1. The average Bonchev–Trinajstić information content (AvgIpc) is 3.30. The first kappa shape index (κ1) is 18.4. The fourth-order valence-corrected chi connectivity index (χ4v) is 4.28. The highest BCUT2D eigenvalue weighted by Gasteiger charge is 2.34. The number of carbonyl (C=O) groups is 1. The molecule has 1 saturated heterocycles. The molecule has 0 spiro atoms. The van der Waals surface area contributed by atoms with Gasteiger partial charge in [0.2, 0.25) is 0 Å². The van der Waals surface area contributed by atoms with Crippen molar-refractivity contribution in [1.29, 1.82) is 0 Å². The number of amides is 1. The molecule has 2 aliphatic rings. The van der Waals surface area contributed by atoms with E-state index in [1.165, 1.54) is 0 Å². The predicted molar refractivity (Wildman–Crippen MR) is 104 cm³/mol. The largest absolute Gasteiger partial charge is 0.483 e. The number of nitrogens with one attached hydrogen (secondary N) is 1. The second kappa shape index (κ2) is 8.82. The monoisotopic (exact) mass is 387 g/mol. The van der Waals surface area contributed by atoms with Crippen LogP contribution in [0.2, 0.25) is 0 Å². The Labute approximate surface area is 163 Å². The molecule has 27 heavy (non-hydrogen) atoms. The van der Waals surface area contributed by atoms with Crippen molar-refractivity contribution in [2.45, 2.75) is 38.0 Å². The number of fused-ring (bicyclic) bond motifs is 2. The molecule has 2 atom stereocenters. The lowest BCUT2D eigenvalue weighted by molar-refractivity contribution is -0.124. The molecule has 1 aromatic carbocycles. The lowest BCUT2D eigenvalue weighted by atomic mass is 10.1. The van der Waals surface area contributed by atoms with Gasteiger partial charge in [-0.05, 0) is 30.9 Å². The second-order valence-corrected chi connectivity index (χ2v) is 7.83. The van der Waals surface area contributed by atoms with Gasteiger partial charge in [-0.25, -0.2) is 4.98 Å². The number of benzene rings is 1. The van der Waals surface area contributed by atoms with E-state index in [-0.39, 0.29) is 24.7 Å². The first-order chi connectivity index (χ1) is 13.3. The molecule has 144 valence electrons. The lowest BCUT2D eigenvalue weighted by Crippen LogP contribution is -2.45. The third kappa shape index (κ3) is 4.86. The van der Waals surface area contributed by atoms with Crippen LogP contribution in [0.15, 0.2) is 35.2 Å². The van der Waals surface area contributed by atoms with Crippen molar-refractivity contribution in [2.75, 3.05) is 26.3 Å². The Balaban J connectivity index is 1.42. The highest BCUT2D eigenvalue weighted by molar-refractivity contribution is 7.07. The van der Waals surface area contributed by atoms with Crippen molar-refractivity contribution in [1.82, 2.24) is 15.2 Å². The minimum Gasteiger partial charge on any atom is -0.483 e. The Morgan fingerprint density at radius 1 is 1.26 bits per heavy atom. The smallest absolute Gasteiger partial charge is 0.258 e. The van der Waals surface area contributed by atoms with Crippen LogP contribution in [0.25, 0.3) is 0 Å². The molecule has 2 aromatic rings. The first-order valence-corrected chi connectivity index (χ1v) is 10.4. The molecule has 4 rings (SSSR count). The van der Waals surface area contributed by atoms with Gasteiger partial charge in [-0.2, -0.15) is 0 Å². The van der Waals surface area contributed by atoms with Gasteiger partial charge in [-0.1, -0.05) is 18.2 Å². The van der Waals surface area contributed by atoms with Crippen molar-refractivity contribution in [3.05, 3.63) is 46.4 Å². The number of thiazole rings is 1. The summed E-state index contributed by atoms with van der Waals surface area (Å²) in [6.45, 7) is 3.12. The lowest BCUT2D eigenvalue weighted by Gasteiger charge is -2.20. The number of para-hydroxylation sites is 1. The maximum atomic E-state index is 12.4. The average molecular weight is 388 g/mol. The summed E-state index contributed by atoms with van der Waals surface area (Å²) in [6, 6.07) is 7.95. The van der Waals surface area contributed by atoms with Crippen LogP contribution in [0.4, 0.5) is 0 Å². The van der Waals surface area contributed by atoms with Crippen LogP contribution < -0.4 is 10.1 Å². The van der Waals surface area contributed by atoms with E-state index in [9.17, 15) is 4.79 Å². The molecule has 0 aliphatic carbocycles. The van der Waals surface area contributed by atoms with Crippen molar-refractivity contribution in [3.63, 3.8) is 0 Å². The van der Waals surface area contributed by atoms with E-state index >= 15 is 0 Å². The summed E-state index contributed by atoms with van der Waals surface area (Å²) in [5.74, 6) is 0.708. The van der Waals surface area contributed by atoms with Gasteiger partial charge in [0.05, 0.1) is 23.4 Å². The van der Waals surface area contributed by atoms with E-state index < -0.39 is 0 Å². The minimum absolute atomic E-state index is 0.00992. The topological polar surface area (TPSA) is 63.7 Å². The van der Waals surface area contributed by atoms with Crippen molar-refractivity contribution < 1.29 is 14.3 Å². The number of nitrogens with zero attached hydrogens (tertiary/aromatic N) is 2. The molecule has 0 bridgehead atoms. The van der Waals surface area contributed by atoms with Crippen LogP contribution in [0, 0.1) is 0 Å². The summed E-state index contributed by atoms with van der Waals surface area (Å²) in [7, 11) is 0. The highest BCUT2D eigenvalue weighted by Crippen LogP contribution is 2.22. The molecule has 6 nitrogen and oxygen atoms in total. The maximum absolute atomic E-state index is 12.4. The van der Waals surface area contributed by atoms with E-state index in [4.69, 9.17) is 9.47 Å². The number of rotatable bonds is 2. The van der Waals surface area contributed by atoms with Crippen LogP contribution >= 0.6 is 11.3 Å². The maximum Gasteiger partial charge on any atom is 0.258 e. The standard InChI is InChI=1S/C20H25N3O3S/c24-20-12-26-18-7-2-1-5-15(18)6-3-4-8-25-19-11-23(10-17(19)22-20)9-16-13-27-14-21-16/h1-2,5,7,13-14,17,19H,3-4,6,8-12H2,(H,22,24)/t17-,19-/m0/s1. The summed E-state index contributed by atoms with van der Waals surface area (Å²) in [6.07, 6.45) is 2.99. The normalized spacial score (nSPS) is 24.5. The number of ether oxygens (including phenoxy) is 2. The third-order valence-electron chi connectivity index (χ3n) is 5.06. The van der Waals surface area contributed by atoms with E-state index in [0.717, 1.165) is 55.9 Å². The van der Waals surface area contributed by atoms with Gasteiger partial charge < -0.3 is 14.8 Å². The Kier molecular flexibility index (Phi) is 6.01. The number of carbonyl (C=O) groups excluding carboxylic acids is 1. The number of aromatic nitrogens is 1. The Morgan fingerprint density at radius 2 is 2.19 bits per heavy atom. The Bertz CT molecular complexity index is 753. The molecule has 1 fully saturated rings. The summed E-state index contributed by atoms with van der Waals surface area (Å²) < 4.78 is 11.9. The quantitative estimate of drug-likeness (QED) is 0.856. The van der Waals surface area contributed by atoms with Crippen LogP contribution in [-0.2, 0) is 22.5 Å². The number of hydrogen-bond acceptors (Lipinski definition) is 6. The van der Waals surface area contributed by atoms with Gasteiger partial charge in [0.15, 0.2) is 6.61 Å². The van der Waals surface area contributed by atoms with Crippen molar-refractivity contribution in [2.24, 2.45) is 0 Å². The fraction of sp³-hybridized carbons (Fsp3) is 0.500. The molecule has 0 radical (unpaired) electrons. The number of aryl methyl sites for hydroxylation is 1. The zero-order valence-electron chi connectivity index (χ0n) is 15.3. The zero-order valence-corrected chi connectivity index (χ0v) is 16.1. The molecule has 0 saturated carbocycles. The third-order valence-corrected chi connectivity index (χ3v) is 5.70. The molecular weight excluding hydrogens is 362 g/mol. The molecule has 0 unspecified atom stereocenters. The van der Waals surface area contributed by atoms with Gasteiger partial charge >= 0.3 is 0 Å². The van der Waals surface area contributed by atoms with Crippen molar-refractivity contribution >= 4 is 17.2 Å². The van der Waals surface area contributed by atoms with E-state index in [0.29, 0.717) is 6.61 Å². The second-order valence-electron chi connectivity index (χ2n) is 7.11.